The van der Waals surface area contributed by atoms with E-state index < -0.39 is 17.2 Å². The molecule has 0 saturated carbocycles. The smallest absolute Gasteiger partial charge is 0.342 e. The third kappa shape index (κ3) is 2.42. The van der Waals surface area contributed by atoms with Crippen LogP contribution in [0.3, 0.4) is 0 Å². The number of nitrogens with one attached hydrogen (secondary N) is 2. The Hall–Kier alpha value is -2.90. The maximum absolute atomic E-state index is 11.8. The lowest BCUT2D eigenvalue weighted by atomic mass is 9.97. The van der Waals surface area contributed by atoms with Crippen molar-refractivity contribution in [3.63, 3.8) is 0 Å². The summed E-state index contributed by atoms with van der Waals surface area (Å²) in [6.07, 6.45) is 0.676. The quantitative estimate of drug-likeness (QED) is 0.699. The van der Waals surface area contributed by atoms with Gasteiger partial charge in [0, 0.05) is 13.1 Å². The topological polar surface area (TPSA) is 119 Å². The molecule has 0 fully saturated rings. The molecule has 0 aliphatic carbocycles. The average molecular weight is 288 g/mol. The standard InChI is InChI=1S/C13H12N4O4/c18-11-10(15-16-13(21)14-11)17-4-3-7-1-2-8(12(19)20)5-9(7)6-17/h1-2,5H,3-4,6H2,(H,19,20)(H2,14,16,18,21). The number of H-pyrrole nitrogens is 2. The fourth-order valence-corrected chi connectivity index (χ4v) is 2.43. The molecular weight excluding hydrogens is 276 g/mol. The number of nitrogens with zero attached hydrogens (tertiary/aromatic N) is 2. The second-order valence-corrected chi connectivity index (χ2v) is 4.79. The molecule has 2 heterocycles. The molecule has 21 heavy (non-hydrogen) atoms. The second kappa shape index (κ2) is 4.89. The van der Waals surface area contributed by atoms with Crippen LogP contribution in [0.2, 0.25) is 0 Å². The van der Waals surface area contributed by atoms with Crippen LogP contribution < -0.4 is 16.1 Å². The number of hydrogen-bond acceptors (Lipinski definition) is 5. The predicted molar refractivity (Wildman–Crippen MR) is 73.6 cm³/mol. The van der Waals surface area contributed by atoms with Crippen LogP contribution in [-0.2, 0) is 13.0 Å². The number of fused-ring (bicyclic) bond motifs is 1. The normalized spacial score (nSPS) is 13.8. The lowest BCUT2D eigenvalue weighted by Gasteiger charge is -2.28. The molecule has 0 radical (unpaired) electrons. The summed E-state index contributed by atoms with van der Waals surface area (Å²) in [7, 11) is 0. The van der Waals surface area contributed by atoms with Crippen LogP contribution in [0.15, 0.2) is 27.8 Å². The summed E-state index contributed by atoms with van der Waals surface area (Å²) >= 11 is 0. The average Bonchev–Trinajstić information content (AvgIpc) is 2.46. The van der Waals surface area contributed by atoms with E-state index in [0.29, 0.717) is 19.5 Å². The number of aromatic nitrogens is 3. The number of aromatic carboxylic acids is 1. The zero-order valence-corrected chi connectivity index (χ0v) is 10.9. The SMILES string of the molecule is O=C(O)c1ccc2c(c1)CN(c1n[nH]c(=O)[nH]c1=O)CC2. The summed E-state index contributed by atoms with van der Waals surface area (Å²) in [5.74, 6) is -0.865. The third-order valence-corrected chi connectivity index (χ3v) is 3.46. The molecule has 8 nitrogen and oxygen atoms in total. The highest BCUT2D eigenvalue weighted by atomic mass is 16.4. The van der Waals surface area contributed by atoms with Crippen LogP contribution in [0.4, 0.5) is 5.82 Å². The highest BCUT2D eigenvalue weighted by Gasteiger charge is 2.21. The summed E-state index contributed by atoms with van der Waals surface area (Å²) in [5.41, 5.74) is 0.885. The summed E-state index contributed by atoms with van der Waals surface area (Å²) in [6.45, 7) is 0.945. The summed E-state index contributed by atoms with van der Waals surface area (Å²) in [5, 5.41) is 15.0. The van der Waals surface area contributed by atoms with Gasteiger partial charge in [-0.05, 0) is 29.7 Å². The number of carboxylic acid groups (broad SMARTS) is 1. The van der Waals surface area contributed by atoms with Crippen LogP contribution in [-0.4, -0.2) is 32.8 Å². The van der Waals surface area contributed by atoms with E-state index in [-0.39, 0.29) is 11.4 Å². The molecule has 0 atom stereocenters. The van der Waals surface area contributed by atoms with E-state index in [1.807, 2.05) is 0 Å². The molecule has 8 heteroatoms. The van der Waals surface area contributed by atoms with E-state index in [0.717, 1.165) is 11.1 Å². The van der Waals surface area contributed by atoms with E-state index in [4.69, 9.17) is 5.11 Å². The Bertz CT molecular complexity index is 823. The Balaban J connectivity index is 1.96. The molecule has 2 aromatic rings. The number of anilines is 1. The molecule has 1 aliphatic rings. The number of carboxylic acids is 1. The van der Waals surface area contributed by atoms with Crippen molar-refractivity contribution in [2.45, 2.75) is 13.0 Å². The van der Waals surface area contributed by atoms with Gasteiger partial charge in [-0.15, -0.1) is 5.10 Å². The predicted octanol–water partition coefficient (Wildman–Crippen LogP) is -0.281. The van der Waals surface area contributed by atoms with Crippen molar-refractivity contribution in [1.82, 2.24) is 15.2 Å². The molecule has 108 valence electrons. The number of hydrogen-bond donors (Lipinski definition) is 3. The Morgan fingerprint density at radius 3 is 2.81 bits per heavy atom. The van der Waals surface area contributed by atoms with Crippen molar-refractivity contribution in [1.29, 1.82) is 0 Å². The first-order valence-corrected chi connectivity index (χ1v) is 6.33. The third-order valence-electron chi connectivity index (χ3n) is 3.46. The zero-order valence-electron chi connectivity index (χ0n) is 10.9. The summed E-state index contributed by atoms with van der Waals surface area (Å²) in [6, 6.07) is 4.96. The highest BCUT2D eigenvalue weighted by Crippen LogP contribution is 2.22. The maximum atomic E-state index is 11.8. The van der Waals surface area contributed by atoms with Gasteiger partial charge in [0.15, 0.2) is 0 Å². The number of rotatable bonds is 2. The van der Waals surface area contributed by atoms with Gasteiger partial charge < -0.3 is 10.0 Å². The number of aromatic amines is 2. The van der Waals surface area contributed by atoms with E-state index in [2.05, 4.69) is 15.2 Å². The van der Waals surface area contributed by atoms with E-state index in [1.165, 1.54) is 0 Å². The van der Waals surface area contributed by atoms with E-state index >= 15 is 0 Å². The van der Waals surface area contributed by atoms with Gasteiger partial charge in [0.2, 0.25) is 5.82 Å². The highest BCUT2D eigenvalue weighted by molar-refractivity contribution is 5.88. The van der Waals surface area contributed by atoms with Crippen molar-refractivity contribution in [2.24, 2.45) is 0 Å². The molecule has 3 N–H and O–H groups in total. The first-order valence-electron chi connectivity index (χ1n) is 6.33. The zero-order chi connectivity index (χ0) is 15.0. The van der Waals surface area contributed by atoms with Crippen molar-refractivity contribution < 1.29 is 9.90 Å². The Morgan fingerprint density at radius 1 is 1.29 bits per heavy atom. The first-order chi connectivity index (χ1) is 10.0. The number of carbonyl (C=O) groups is 1. The fraction of sp³-hybridized carbons (Fsp3) is 0.231. The van der Waals surface area contributed by atoms with Crippen molar-refractivity contribution in [3.8, 4) is 0 Å². The summed E-state index contributed by atoms with van der Waals surface area (Å²) in [4.78, 5) is 37.6. The van der Waals surface area contributed by atoms with E-state index in [9.17, 15) is 14.4 Å². The maximum Gasteiger partial charge on any atom is 0.342 e. The molecular formula is C13H12N4O4. The molecule has 3 rings (SSSR count). The minimum Gasteiger partial charge on any atom is -0.478 e. The van der Waals surface area contributed by atoms with E-state index in [1.54, 1.807) is 23.1 Å². The van der Waals surface area contributed by atoms with Gasteiger partial charge in [-0.1, -0.05) is 6.07 Å². The largest absolute Gasteiger partial charge is 0.478 e. The van der Waals surface area contributed by atoms with Crippen molar-refractivity contribution in [3.05, 3.63) is 55.7 Å². The molecule has 0 bridgehead atoms. The van der Waals surface area contributed by atoms with Crippen molar-refractivity contribution in [2.75, 3.05) is 11.4 Å². The molecule has 0 spiro atoms. The fourth-order valence-electron chi connectivity index (χ4n) is 2.43. The Kier molecular flexibility index (Phi) is 3.05. The molecule has 1 aromatic heterocycles. The van der Waals surface area contributed by atoms with Crippen LogP contribution in [0, 0.1) is 0 Å². The van der Waals surface area contributed by atoms with Gasteiger partial charge in [-0.2, -0.15) is 0 Å². The van der Waals surface area contributed by atoms with Crippen LogP contribution in [0.1, 0.15) is 21.5 Å². The minimum absolute atomic E-state index is 0.126. The Morgan fingerprint density at radius 2 is 2.10 bits per heavy atom. The van der Waals surface area contributed by atoms with Crippen LogP contribution >= 0.6 is 0 Å². The molecule has 1 aromatic carbocycles. The van der Waals surface area contributed by atoms with Gasteiger partial charge in [0.05, 0.1) is 5.56 Å². The van der Waals surface area contributed by atoms with Gasteiger partial charge >= 0.3 is 11.7 Å². The molecule has 0 amide bonds. The molecule has 1 aliphatic heterocycles. The lowest BCUT2D eigenvalue weighted by molar-refractivity contribution is 0.0696. The van der Waals surface area contributed by atoms with Crippen molar-refractivity contribution >= 4 is 11.8 Å². The summed E-state index contributed by atoms with van der Waals surface area (Å²) < 4.78 is 0. The number of benzene rings is 1. The van der Waals surface area contributed by atoms with Gasteiger partial charge in [-0.25, -0.2) is 14.7 Å². The van der Waals surface area contributed by atoms with Gasteiger partial charge in [0.1, 0.15) is 0 Å². The van der Waals surface area contributed by atoms with Gasteiger partial charge in [0.25, 0.3) is 5.56 Å². The second-order valence-electron chi connectivity index (χ2n) is 4.79. The van der Waals surface area contributed by atoms with Crippen LogP contribution in [0.5, 0.6) is 0 Å². The molecule has 0 saturated heterocycles. The lowest BCUT2D eigenvalue weighted by Crippen LogP contribution is -2.38. The molecule has 0 unspecified atom stereocenters. The Labute approximate surface area is 118 Å². The first kappa shape index (κ1) is 13.1. The van der Waals surface area contributed by atoms with Gasteiger partial charge in [-0.3, -0.25) is 9.78 Å². The minimum atomic E-state index is -0.991. The monoisotopic (exact) mass is 288 g/mol. The van der Waals surface area contributed by atoms with Crippen LogP contribution in [0.25, 0.3) is 0 Å².